The molecule has 5 N–H and O–H groups in total. The number of fused-ring (bicyclic) bond motifs is 1. The number of hydrogen-bond donors (Lipinski definition) is 4. The zero-order valence-corrected chi connectivity index (χ0v) is 21.2. The van der Waals surface area contributed by atoms with Gasteiger partial charge in [-0.2, -0.15) is 4.72 Å². The highest BCUT2D eigenvalue weighted by atomic mass is 32.2. The number of anilines is 2. The van der Waals surface area contributed by atoms with Crippen LogP contribution in [0.3, 0.4) is 0 Å². The van der Waals surface area contributed by atoms with Crippen molar-refractivity contribution in [3.8, 4) is 11.3 Å². The first-order valence-corrected chi connectivity index (χ1v) is 12.9. The number of amides is 1. The Bertz CT molecular complexity index is 1580. The van der Waals surface area contributed by atoms with Gasteiger partial charge in [-0.05, 0) is 49.2 Å². The summed E-state index contributed by atoms with van der Waals surface area (Å²) in [5.74, 6) is -1.95. The number of rotatable bonds is 8. The van der Waals surface area contributed by atoms with E-state index in [2.05, 4.69) is 15.0 Å². The molecule has 1 atom stereocenters. The van der Waals surface area contributed by atoms with Crippen LogP contribution in [0, 0.1) is 12.8 Å². The second kappa shape index (κ2) is 10.0. The minimum absolute atomic E-state index is 0.0612. The third kappa shape index (κ3) is 5.32. The maximum absolute atomic E-state index is 12.8. The van der Waals surface area contributed by atoms with E-state index < -0.39 is 33.9 Å². The van der Waals surface area contributed by atoms with Crippen LogP contribution >= 0.6 is 0 Å². The molecule has 0 saturated carbocycles. The van der Waals surface area contributed by atoms with E-state index in [1.165, 1.54) is 18.3 Å². The third-order valence-corrected chi connectivity index (χ3v) is 7.35. The SMILES string of the molecule is Cc1c(C(=O)Nc2ccc(-c3ccc(S(=O)(=O)N[C@H](C(=O)O)C(C)C)cc3)nc2)oc2cccc(N)c12. The average Bonchev–Trinajstić information content (AvgIpc) is 3.20. The number of carboxylic acid groups (broad SMARTS) is 1. The van der Waals surface area contributed by atoms with Gasteiger partial charge >= 0.3 is 5.97 Å². The van der Waals surface area contributed by atoms with Gasteiger partial charge in [-0.3, -0.25) is 14.6 Å². The van der Waals surface area contributed by atoms with Crippen molar-refractivity contribution in [1.29, 1.82) is 0 Å². The first-order valence-electron chi connectivity index (χ1n) is 11.4. The molecule has 2 aromatic carbocycles. The summed E-state index contributed by atoms with van der Waals surface area (Å²) < 4.78 is 33.2. The summed E-state index contributed by atoms with van der Waals surface area (Å²) in [6.07, 6.45) is 1.48. The summed E-state index contributed by atoms with van der Waals surface area (Å²) in [5.41, 5.74) is 9.34. The monoisotopic (exact) mass is 522 g/mol. The molecular weight excluding hydrogens is 496 g/mol. The quantitative estimate of drug-likeness (QED) is 0.252. The highest BCUT2D eigenvalue weighted by Gasteiger charge is 2.28. The Morgan fingerprint density at radius 1 is 1.05 bits per heavy atom. The molecule has 0 aliphatic carbocycles. The number of benzene rings is 2. The molecule has 2 heterocycles. The van der Waals surface area contributed by atoms with Gasteiger partial charge in [0.15, 0.2) is 5.76 Å². The topological polar surface area (TPSA) is 165 Å². The molecule has 4 aromatic rings. The van der Waals surface area contributed by atoms with Crippen molar-refractivity contribution < 1.29 is 27.5 Å². The number of nitrogens with two attached hydrogens (primary N) is 1. The fourth-order valence-corrected chi connectivity index (χ4v) is 5.23. The number of carbonyl (C=O) groups excluding carboxylic acids is 1. The number of aromatic nitrogens is 1. The highest BCUT2D eigenvalue weighted by molar-refractivity contribution is 7.89. The van der Waals surface area contributed by atoms with Crippen LogP contribution in [0.25, 0.3) is 22.2 Å². The fraction of sp³-hybridized carbons (Fsp3) is 0.192. The Morgan fingerprint density at radius 3 is 2.32 bits per heavy atom. The Hall–Kier alpha value is -4.22. The summed E-state index contributed by atoms with van der Waals surface area (Å²) in [5, 5.41) is 12.7. The van der Waals surface area contributed by atoms with Crippen LogP contribution in [0.15, 0.2) is 70.1 Å². The van der Waals surface area contributed by atoms with Crippen molar-refractivity contribution in [2.24, 2.45) is 5.92 Å². The minimum atomic E-state index is -4.03. The molecule has 0 aliphatic heterocycles. The number of furan rings is 1. The molecule has 10 nitrogen and oxygen atoms in total. The number of carbonyl (C=O) groups is 2. The lowest BCUT2D eigenvalue weighted by Gasteiger charge is -2.18. The number of nitrogens with one attached hydrogen (secondary N) is 2. The van der Waals surface area contributed by atoms with Gasteiger partial charge in [0.1, 0.15) is 11.6 Å². The summed E-state index contributed by atoms with van der Waals surface area (Å²) in [6, 6.07) is 13.2. The van der Waals surface area contributed by atoms with E-state index in [1.807, 2.05) is 0 Å². The maximum Gasteiger partial charge on any atom is 0.322 e. The number of carboxylic acids is 1. The van der Waals surface area contributed by atoms with E-state index in [0.29, 0.717) is 39.2 Å². The first kappa shape index (κ1) is 25.9. The largest absolute Gasteiger partial charge is 0.480 e. The molecule has 2 aromatic heterocycles. The summed E-state index contributed by atoms with van der Waals surface area (Å²) >= 11 is 0. The number of nitrogens with zero attached hydrogens (tertiary/aromatic N) is 1. The standard InChI is InChI=1S/C26H26N4O6S/c1-14(2)23(26(32)33)30-37(34,35)18-10-7-16(8-11-18)20-12-9-17(13-28-20)29-25(31)24-15(3)22-19(27)5-4-6-21(22)36-24/h4-14,23,30H,27H2,1-3H3,(H,29,31)(H,32,33)/t23-/m0/s1. The van der Waals surface area contributed by atoms with Crippen molar-refractivity contribution in [2.75, 3.05) is 11.1 Å². The van der Waals surface area contributed by atoms with Gasteiger partial charge in [0.25, 0.3) is 5.91 Å². The normalized spacial score (nSPS) is 12.5. The van der Waals surface area contributed by atoms with Gasteiger partial charge in [0, 0.05) is 22.2 Å². The molecule has 0 radical (unpaired) electrons. The molecule has 1 amide bonds. The van der Waals surface area contributed by atoms with E-state index in [4.69, 9.17) is 10.2 Å². The van der Waals surface area contributed by atoms with E-state index in [-0.39, 0.29) is 10.7 Å². The van der Waals surface area contributed by atoms with Crippen LogP contribution in [0.1, 0.15) is 30.0 Å². The average molecular weight is 523 g/mol. The predicted molar refractivity (Wildman–Crippen MR) is 140 cm³/mol. The minimum Gasteiger partial charge on any atom is -0.480 e. The number of pyridine rings is 1. The Kier molecular flexibility index (Phi) is 7.01. The molecule has 0 bridgehead atoms. The second-order valence-corrected chi connectivity index (χ2v) is 10.6. The molecule has 0 unspecified atom stereocenters. The first-order chi connectivity index (χ1) is 17.5. The molecule has 4 rings (SSSR count). The molecule has 192 valence electrons. The molecule has 11 heteroatoms. The lowest BCUT2D eigenvalue weighted by molar-refractivity contribution is -0.140. The summed E-state index contributed by atoms with van der Waals surface area (Å²) in [4.78, 5) is 28.4. The van der Waals surface area contributed by atoms with Crippen LogP contribution in [0.2, 0.25) is 0 Å². The molecule has 0 aliphatic rings. The predicted octanol–water partition coefficient (Wildman–Crippen LogP) is 4.03. The molecule has 0 saturated heterocycles. The fourth-order valence-electron chi connectivity index (χ4n) is 3.89. The van der Waals surface area contributed by atoms with Crippen LogP contribution < -0.4 is 15.8 Å². The molecule has 37 heavy (non-hydrogen) atoms. The summed E-state index contributed by atoms with van der Waals surface area (Å²) in [6.45, 7) is 5.01. The number of hydrogen-bond acceptors (Lipinski definition) is 7. The van der Waals surface area contributed by atoms with E-state index >= 15 is 0 Å². The third-order valence-electron chi connectivity index (χ3n) is 5.89. The highest BCUT2D eigenvalue weighted by Crippen LogP contribution is 2.30. The van der Waals surface area contributed by atoms with Crippen molar-refractivity contribution in [2.45, 2.75) is 31.7 Å². The maximum atomic E-state index is 12.8. The lowest BCUT2D eigenvalue weighted by Crippen LogP contribution is -2.44. The lowest BCUT2D eigenvalue weighted by atomic mass is 10.1. The van der Waals surface area contributed by atoms with E-state index in [1.54, 1.807) is 63.2 Å². The summed E-state index contributed by atoms with van der Waals surface area (Å²) in [7, 11) is -4.03. The Morgan fingerprint density at radius 2 is 1.76 bits per heavy atom. The number of nitrogen functional groups attached to an aromatic ring is 1. The smallest absolute Gasteiger partial charge is 0.322 e. The second-order valence-electron chi connectivity index (χ2n) is 8.87. The van der Waals surface area contributed by atoms with Gasteiger partial charge in [0.2, 0.25) is 10.0 Å². The van der Waals surface area contributed by atoms with Crippen LogP contribution in [-0.4, -0.2) is 36.4 Å². The van der Waals surface area contributed by atoms with Crippen molar-refractivity contribution >= 4 is 44.2 Å². The van der Waals surface area contributed by atoms with Crippen LogP contribution in [-0.2, 0) is 14.8 Å². The van der Waals surface area contributed by atoms with E-state index in [0.717, 1.165) is 0 Å². The number of sulfonamides is 1. The van der Waals surface area contributed by atoms with Gasteiger partial charge in [0.05, 0.1) is 22.5 Å². The molecule has 0 fully saturated rings. The number of aryl methyl sites for hydroxylation is 1. The molecule has 0 spiro atoms. The van der Waals surface area contributed by atoms with Crippen LogP contribution in [0.5, 0.6) is 0 Å². The zero-order chi connectivity index (χ0) is 26.9. The number of aliphatic carboxylic acids is 1. The van der Waals surface area contributed by atoms with Crippen molar-refractivity contribution in [3.63, 3.8) is 0 Å². The van der Waals surface area contributed by atoms with Gasteiger partial charge in [-0.1, -0.05) is 32.0 Å². The molecular formula is C26H26N4O6S. The van der Waals surface area contributed by atoms with Gasteiger partial charge < -0.3 is 20.6 Å². The van der Waals surface area contributed by atoms with Crippen molar-refractivity contribution in [3.05, 3.63) is 72.1 Å². The van der Waals surface area contributed by atoms with Crippen LogP contribution in [0.4, 0.5) is 11.4 Å². The Balaban J connectivity index is 1.48. The van der Waals surface area contributed by atoms with E-state index in [9.17, 15) is 23.1 Å². The zero-order valence-electron chi connectivity index (χ0n) is 20.3. The Labute approximate surface area is 213 Å². The van der Waals surface area contributed by atoms with Gasteiger partial charge in [-0.25, -0.2) is 8.42 Å². The van der Waals surface area contributed by atoms with Gasteiger partial charge in [-0.15, -0.1) is 0 Å². The van der Waals surface area contributed by atoms with Crippen molar-refractivity contribution in [1.82, 2.24) is 9.71 Å².